The Labute approximate surface area is 128 Å². The van der Waals surface area contributed by atoms with Crippen molar-refractivity contribution in [2.45, 2.75) is 18.7 Å². The minimum atomic E-state index is -0.286. The SMILES string of the molecule is CCc1ccc(N2C(=O)CS[C@@H]2c2ccccc2F)cc1. The molecule has 0 N–H and O–H groups in total. The third-order valence-corrected chi connectivity index (χ3v) is 4.86. The number of benzene rings is 2. The van der Waals surface area contributed by atoms with Gasteiger partial charge >= 0.3 is 0 Å². The Morgan fingerprint density at radius 2 is 1.90 bits per heavy atom. The van der Waals surface area contributed by atoms with E-state index in [4.69, 9.17) is 0 Å². The minimum absolute atomic E-state index is 0.0255. The lowest BCUT2D eigenvalue weighted by atomic mass is 10.1. The molecule has 1 heterocycles. The Kier molecular flexibility index (Phi) is 3.97. The summed E-state index contributed by atoms with van der Waals surface area (Å²) in [5, 5.41) is -0.286. The smallest absolute Gasteiger partial charge is 0.238 e. The second-order valence-electron chi connectivity index (χ2n) is 4.97. The monoisotopic (exact) mass is 301 g/mol. The molecule has 1 atom stereocenters. The molecule has 4 heteroatoms. The van der Waals surface area contributed by atoms with Crippen LogP contribution in [0.3, 0.4) is 0 Å². The molecule has 21 heavy (non-hydrogen) atoms. The standard InChI is InChI=1S/C17H16FNOS/c1-2-12-7-9-13(10-8-12)19-16(20)11-21-17(19)14-5-3-4-6-15(14)18/h3-10,17H,2,11H2,1H3/t17-/m1/s1. The van der Waals surface area contributed by atoms with E-state index in [-0.39, 0.29) is 17.1 Å². The number of thioether (sulfide) groups is 1. The first-order chi connectivity index (χ1) is 10.2. The molecule has 2 aromatic carbocycles. The molecule has 3 rings (SSSR count). The lowest BCUT2D eigenvalue weighted by Crippen LogP contribution is -2.28. The number of amides is 1. The Morgan fingerprint density at radius 1 is 1.19 bits per heavy atom. The zero-order valence-corrected chi connectivity index (χ0v) is 12.6. The Balaban J connectivity index is 1.97. The fraction of sp³-hybridized carbons (Fsp3) is 0.235. The van der Waals surface area contributed by atoms with Crippen LogP contribution in [0.5, 0.6) is 0 Å². The predicted octanol–water partition coefficient (Wildman–Crippen LogP) is 4.17. The summed E-state index contributed by atoms with van der Waals surface area (Å²) in [5.74, 6) is 0.145. The van der Waals surface area contributed by atoms with Crippen LogP contribution >= 0.6 is 11.8 Å². The van der Waals surface area contributed by atoms with E-state index in [0.717, 1.165) is 12.1 Å². The number of halogens is 1. The van der Waals surface area contributed by atoms with Gasteiger partial charge in [-0.05, 0) is 30.2 Å². The highest BCUT2D eigenvalue weighted by Gasteiger charge is 2.35. The number of carbonyl (C=O) groups excluding carboxylic acids is 1. The fourth-order valence-corrected chi connectivity index (χ4v) is 3.70. The molecule has 1 amide bonds. The second-order valence-corrected chi connectivity index (χ2v) is 6.04. The van der Waals surface area contributed by atoms with E-state index in [1.807, 2.05) is 24.3 Å². The number of hydrogen-bond donors (Lipinski definition) is 0. The van der Waals surface area contributed by atoms with Crippen molar-refractivity contribution in [1.82, 2.24) is 0 Å². The molecule has 108 valence electrons. The van der Waals surface area contributed by atoms with Gasteiger partial charge in [-0.3, -0.25) is 9.69 Å². The molecule has 0 aliphatic carbocycles. The topological polar surface area (TPSA) is 20.3 Å². The molecule has 0 spiro atoms. The van der Waals surface area contributed by atoms with Gasteiger partial charge < -0.3 is 0 Å². The Morgan fingerprint density at radius 3 is 2.57 bits per heavy atom. The van der Waals surface area contributed by atoms with E-state index < -0.39 is 0 Å². The van der Waals surface area contributed by atoms with Crippen LogP contribution in [0.2, 0.25) is 0 Å². The third-order valence-electron chi connectivity index (χ3n) is 3.66. The number of rotatable bonds is 3. The van der Waals surface area contributed by atoms with Crippen LogP contribution in [0.25, 0.3) is 0 Å². The number of hydrogen-bond acceptors (Lipinski definition) is 2. The average molecular weight is 301 g/mol. The van der Waals surface area contributed by atoms with Crippen LogP contribution in [0, 0.1) is 5.82 Å². The van der Waals surface area contributed by atoms with Gasteiger partial charge in [-0.1, -0.05) is 37.3 Å². The van der Waals surface area contributed by atoms with Crippen LogP contribution < -0.4 is 4.90 Å². The summed E-state index contributed by atoms with van der Waals surface area (Å²) in [5.41, 5.74) is 2.61. The van der Waals surface area contributed by atoms with Gasteiger partial charge in [0.1, 0.15) is 11.2 Å². The summed E-state index contributed by atoms with van der Waals surface area (Å²) in [6, 6.07) is 14.6. The maximum absolute atomic E-state index is 14.0. The normalized spacial score (nSPS) is 18.3. The number of anilines is 1. The molecule has 0 saturated carbocycles. The molecular formula is C17H16FNOS. The van der Waals surface area contributed by atoms with E-state index in [9.17, 15) is 9.18 Å². The fourth-order valence-electron chi connectivity index (χ4n) is 2.50. The van der Waals surface area contributed by atoms with Gasteiger partial charge in [0, 0.05) is 11.3 Å². The van der Waals surface area contributed by atoms with Crippen LogP contribution in [-0.4, -0.2) is 11.7 Å². The van der Waals surface area contributed by atoms with E-state index in [1.165, 1.54) is 23.4 Å². The number of aryl methyl sites for hydroxylation is 1. The summed E-state index contributed by atoms with van der Waals surface area (Å²) >= 11 is 1.47. The second kappa shape index (κ2) is 5.90. The maximum atomic E-state index is 14.0. The lowest BCUT2D eigenvalue weighted by Gasteiger charge is -2.24. The summed E-state index contributed by atoms with van der Waals surface area (Å²) in [4.78, 5) is 13.9. The van der Waals surface area contributed by atoms with Gasteiger partial charge in [-0.2, -0.15) is 0 Å². The highest BCUT2D eigenvalue weighted by Crippen LogP contribution is 2.42. The van der Waals surface area contributed by atoms with E-state index in [0.29, 0.717) is 11.3 Å². The third kappa shape index (κ3) is 2.68. The molecule has 0 radical (unpaired) electrons. The van der Waals surface area contributed by atoms with Gasteiger partial charge in [-0.25, -0.2) is 4.39 Å². The summed E-state index contributed by atoms with van der Waals surface area (Å²) < 4.78 is 14.0. The predicted molar refractivity (Wildman–Crippen MR) is 84.9 cm³/mol. The molecule has 2 nitrogen and oxygen atoms in total. The van der Waals surface area contributed by atoms with E-state index in [1.54, 1.807) is 23.1 Å². The van der Waals surface area contributed by atoms with Crippen molar-refractivity contribution >= 4 is 23.4 Å². The summed E-state index contributed by atoms with van der Waals surface area (Å²) in [7, 11) is 0. The zero-order chi connectivity index (χ0) is 14.8. The van der Waals surface area contributed by atoms with Gasteiger partial charge in [0.05, 0.1) is 5.75 Å². The lowest BCUT2D eigenvalue weighted by molar-refractivity contribution is -0.115. The van der Waals surface area contributed by atoms with Crippen LogP contribution in [0.4, 0.5) is 10.1 Å². The first kappa shape index (κ1) is 14.1. The van der Waals surface area contributed by atoms with Crippen molar-refractivity contribution in [3.8, 4) is 0 Å². The Hall–Kier alpha value is -1.81. The number of carbonyl (C=O) groups is 1. The Bertz CT molecular complexity index is 656. The molecule has 1 fully saturated rings. The molecular weight excluding hydrogens is 285 g/mol. The molecule has 1 aliphatic heterocycles. The van der Waals surface area contributed by atoms with Crippen molar-refractivity contribution < 1.29 is 9.18 Å². The van der Waals surface area contributed by atoms with Crippen molar-refractivity contribution in [2.75, 3.05) is 10.7 Å². The van der Waals surface area contributed by atoms with Gasteiger partial charge in [-0.15, -0.1) is 11.8 Å². The first-order valence-corrected chi connectivity index (χ1v) is 8.02. The maximum Gasteiger partial charge on any atom is 0.238 e. The van der Waals surface area contributed by atoms with Gasteiger partial charge in [0.2, 0.25) is 5.91 Å². The summed E-state index contributed by atoms with van der Waals surface area (Å²) in [6.07, 6.45) is 0.958. The highest BCUT2D eigenvalue weighted by molar-refractivity contribution is 8.00. The minimum Gasteiger partial charge on any atom is -0.295 e. The average Bonchev–Trinajstić information content (AvgIpc) is 2.89. The van der Waals surface area contributed by atoms with E-state index >= 15 is 0 Å². The van der Waals surface area contributed by atoms with Crippen molar-refractivity contribution in [1.29, 1.82) is 0 Å². The quantitative estimate of drug-likeness (QED) is 0.848. The van der Waals surface area contributed by atoms with Crippen LogP contribution in [-0.2, 0) is 11.2 Å². The first-order valence-electron chi connectivity index (χ1n) is 6.97. The van der Waals surface area contributed by atoms with Crippen molar-refractivity contribution in [3.05, 3.63) is 65.5 Å². The molecule has 2 aromatic rings. The number of nitrogens with zero attached hydrogens (tertiary/aromatic N) is 1. The molecule has 1 aliphatic rings. The van der Waals surface area contributed by atoms with Crippen molar-refractivity contribution in [2.24, 2.45) is 0 Å². The van der Waals surface area contributed by atoms with Crippen molar-refractivity contribution in [3.63, 3.8) is 0 Å². The highest BCUT2D eigenvalue weighted by atomic mass is 32.2. The largest absolute Gasteiger partial charge is 0.295 e. The molecule has 0 unspecified atom stereocenters. The van der Waals surface area contributed by atoms with Gasteiger partial charge in [0.25, 0.3) is 0 Å². The van der Waals surface area contributed by atoms with E-state index in [2.05, 4.69) is 6.92 Å². The molecule has 0 aromatic heterocycles. The zero-order valence-electron chi connectivity index (χ0n) is 11.8. The summed E-state index contributed by atoms with van der Waals surface area (Å²) in [6.45, 7) is 2.09. The van der Waals surface area contributed by atoms with Crippen LogP contribution in [0.15, 0.2) is 48.5 Å². The van der Waals surface area contributed by atoms with Crippen LogP contribution in [0.1, 0.15) is 23.4 Å². The van der Waals surface area contributed by atoms with Gasteiger partial charge in [0.15, 0.2) is 0 Å². The molecule has 0 bridgehead atoms. The molecule has 1 saturated heterocycles.